The molecular weight excluding hydrogens is 430 g/mol. The van der Waals surface area contributed by atoms with Gasteiger partial charge in [0, 0.05) is 31.6 Å². The molecule has 7 nitrogen and oxygen atoms in total. The smallest absolute Gasteiger partial charge is 0.274 e. The van der Waals surface area contributed by atoms with Crippen molar-refractivity contribution in [1.82, 2.24) is 9.80 Å². The van der Waals surface area contributed by atoms with Crippen molar-refractivity contribution in [3.05, 3.63) is 112 Å². The summed E-state index contributed by atoms with van der Waals surface area (Å²) in [6.45, 7) is 0.539. The number of carbonyl (C=O) groups is 2. The molecule has 0 saturated carbocycles. The number of nitrogens with zero attached hydrogens (tertiary/aromatic N) is 3. The predicted molar refractivity (Wildman–Crippen MR) is 128 cm³/mol. The SMILES string of the molecule is CN(Cc1ccccc1[N+](=O)[O-])C(=O)C1CCC(=O)N(Cc2ccccc2)C1c1ccccc1. The summed E-state index contributed by atoms with van der Waals surface area (Å²) < 4.78 is 0. The summed E-state index contributed by atoms with van der Waals surface area (Å²) in [5.74, 6) is -0.558. The Labute approximate surface area is 198 Å². The van der Waals surface area contributed by atoms with Crippen molar-refractivity contribution in [3.8, 4) is 0 Å². The normalized spacial score (nSPS) is 17.9. The molecule has 3 aromatic rings. The lowest BCUT2D eigenvalue weighted by Gasteiger charge is -2.42. The number of benzene rings is 3. The fourth-order valence-corrected chi connectivity index (χ4v) is 4.68. The standard InChI is InChI=1S/C27H27N3O4/c1-28(19-22-14-8-9-15-24(22)30(33)34)27(32)23-16-17-25(31)29(18-20-10-4-2-5-11-20)26(23)21-12-6-3-7-13-21/h2-15,23,26H,16-19H2,1H3. The fourth-order valence-electron chi connectivity index (χ4n) is 4.68. The number of rotatable bonds is 7. The highest BCUT2D eigenvalue weighted by molar-refractivity contribution is 5.85. The molecule has 0 radical (unpaired) electrons. The van der Waals surface area contributed by atoms with Gasteiger partial charge in [-0.05, 0) is 17.5 Å². The van der Waals surface area contributed by atoms with Gasteiger partial charge in [-0.25, -0.2) is 0 Å². The van der Waals surface area contributed by atoms with E-state index in [0.717, 1.165) is 11.1 Å². The van der Waals surface area contributed by atoms with Crippen molar-refractivity contribution in [2.75, 3.05) is 7.05 Å². The third-order valence-electron chi connectivity index (χ3n) is 6.33. The molecule has 0 aromatic heterocycles. The van der Waals surface area contributed by atoms with Gasteiger partial charge < -0.3 is 9.80 Å². The van der Waals surface area contributed by atoms with E-state index in [1.54, 1.807) is 35.0 Å². The highest BCUT2D eigenvalue weighted by Crippen LogP contribution is 2.39. The topological polar surface area (TPSA) is 83.8 Å². The predicted octanol–water partition coefficient (Wildman–Crippen LogP) is 4.73. The minimum atomic E-state index is -0.448. The summed E-state index contributed by atoms with van der Waals surface area (Å²) in [5, 5.41) is 11.4. The van der Waals surface area contributed by atoms with Gasteiger partial charge >= 0.3 is 0 Å². The van der Waals surface area contributed by atoms with Crippen molar-refractivity contribution < 1.29 is 14.5 Å². The molecule has 0 bridgehead atoms. The number of amides is 2. The van der Waals surface area contributed by atoms with Crippen LogP contribution in [0.1, 0.15) is 35.6 Å². The van der Waals surface area contributed by atoms with Crippen LogP contribution < -0.4 is 0 Å². The van der Waals surface area contributed by atoms with E-state index < -0.39 is 16.9 Å². The Bertz CT molecular complexity index is 1170. The molecule has 1 fully saturated rings. The number of hydrogen-bond acceptors (Lipinski definition) is 4. The van der Waals surface area contributed by atoms with E-state index >= 15 is 0 Å². The van der Waals surface area contributed by atoms with Crippen LogP contribution >= 0.6 is 0 Å². The van der Waals surface area contributed by atoms with Crippen LogP contribution in [0.15, 0.2) is 84.9 Å². The number of piperidine rings is 1. The molecular formula is C27H27N3O4. The maximum Gasteiger partial charge on any atom is 0.274 e. The number of nitro benzene ring substituents is 1. The first-order valence-electron chi connectivity index (χ1n) is 11.3. The highest BCUT2D eigenvalue weighted by Gasteiger charge is 2.41. The minimum Gasteiger partial charge on any atom is -0.341 e. The summed E-state index contributed by atoms with van der Waals surface area (Å²) in [6, 6.07) is 25.4. The van der Waals surface area contributed by atoms with Gasteiger partial charge in [0.05, 0.1) is 23.4 Å². The Morgan fingerprint density at radius 3 is 2.29 bits per heavy atom. The van der Waals surface area contributed by atoms with Crippen molar-refractivity contribution in [1.29, 1.82) is 0 Å². The summed E-state index contributed by atoms with van der Waals surface area (Å²) >= 11 is 0. The first-order chi connectivity index (χ1) is 16.5. The second kappa shape index (κ2) is 10.3. The highest BCUT2D eigenvalue weighted by atomic mass is 16.6. The molecule has 1 saturated heterocycles. The van der Waals surface area contributed by atoms with Gasteiger partial charge in [0.2, 0.25) is 11.8 Å². The van der Waals surface area contributed by atoms with Gasteiger partial charge in [-0.1, -0.05) is 78.9 Å². The number of nitro groups is 1. The number of likely N-dealkylation sites (tertiary alicyclic amines) is 1. The van der Waals surface area contributed by atoms with Crippen molar-refractivity contribution >= 4 is 17.5 Å². The van der Waals surface area contributed by atoms with E-state index in [4.69, 9.17) is 0 Å². The Morgan fingerprint density at radius 1 is 1.00 bits per heavy atom. The Kier molecular flexibility index (Phi) is 7.01. The lowest BCUT2D eigenvalue weighted by atomic mass is 9.83. The molecule has 7 heteroatoms. The summed E-state index contributed by atoms with van der Waals surface area (Å²) in [4.78, 5) is 41.1. The maximum atomic E-state index is 13.7. The van der Waals surface area contributed by atoms with Crippen molar-refractivity contribution in [2.45, 2.75) is 32.0 Å². The van der Waals surface area contributed by atoms with Crippen LogP contribution in [0.2, 0.25) is 0 Å². The van der Waals surface area contributed by atoms with Gasteiger partial charge in [0.1, 0.15) is 0 Å². The van der Waals surface area contributed by atoms with Gasteiger partial charge in [0.25, 0.3) is 5.69 Å². The number of carbonyl (C=O) groups excluding carboxylic acids is 2. The van der Waals surface area contributed by atoms with Crippen molar-refractivity contribution in [2.24, 2.45) is 5.92 Å². The van der Waals surface area contributed by atoms with E-state index in [0.29, 0.717) is 18.5 Å². The van der Waals surface area contributed by atoms with Gasteiger partial charge in [-0.2, -0.15) is 0 Å². The molecule has 34 heavy (non-hydrogen) atoms. The summed E-state index contributed by atoms with van der Waals surface area (Å²) in [6.07, 6.45) is 0.718. The Morgan fingerprint density at radius 2 is 1.62 bits per heavy atom. The van der Waals surface area contributed by atoms with Crippen LogP contribution in [0, 0.1) is 16.0 Å². The molecule has 1 aliphatic rings. The molecule has 1 aliphatic heterocycles. The molecule has 3 aromatic carbocycles. The largest absolute Gasteiger partial charge is 0.341 e. The third kappa shape index (κ3) is 4.98. The first kappa shape index (κ1) is 23.2. The summed E-state index contributed by atoms with van der Waals surface area (Å²) in [7, 11) is 1.67. The first-order valence-corrected chi connectivity index (χ1v) is 11.3. The molecule has 2 atom stereocenters. The summed E-state index contributed by atoms with van der Waals surface area (Å²) in [5.41, 5.74) is 2.38. The van der Waals surface area contributed by atoms with Crippen LogP contribution in [0.5, 0.6) is 0 Å². The van der Waals surface area contributed by atoms with Gasteiger partial charge in [-0.15, -0.1) is 0 Å². The third-order valence-corrected chi connectivity index (χ3v) is 6.33. The second-order valence-corrected chi connectivity index (χ2v) is 8.59. The second-order valence-electron chi connectivity index (χ2n) is 8.59. The number of para-hydroxylation sites is 1. The molecule has 2 unspecified atom stereocenters. The van der Waals surface area contributed by atoms with E-state index in [9.17, 15) is 19.7 Å². The Hall–Kier alpha value is -4.00. The van der Waals surface area contributed by atoms with Gasteiger partial charge in [-0.3, -0.25) is 19.7 Å². The van der Waals surface area contributed by atoms with Crippen LogP contribution in [0.3, 0.4) is 0 Å². The Balaban J connectivity index is 1.64. The average molecular weight is 458 g/mol. The van der Waals surface area contributed by atoms with Crippen LogP contribution in [-0.2, 0) is 22.7 Å². The van der Waals surface area contributed by atoms with Gasteiger partial charge in [0.15, 0.2) is 0 Å². The minimum absolute atomic E-state index is 0.00807. The van der Waals surface area contributed by atoms with E-state index in [1.807, 2.05) is 60.7 Å². The fraction of sp³-hybridized carbons (Fsp3) is 0.259. The zero-order chi connectivity index (χ0) is 24.1. The van der Waals surface area contributed by atoms with E-state index in [1.165, 1.54) is 6.07 Å². The number of hydrogen-bond donors (Lipinski definition) is 0. The maximum absolute atomic E-state index is 13.7. The zero-order valence-corrected chi connectivity index (χ0v) is 19.0. The molecule has 0 aliphatic carbocycles. The average Bonchev–Trinajstić information content (AvgIpc) is 2.86. The van der Waals surface area contributed by atoms with Crippen LogP contribution in [-0.4, -0.2) is 33.6 Å². The van der Waals surface area contributed by atoms with E-state index in [-0.39, 0.29) is 30.5 Å². The monoisotopic (exact) mass is 457 g/mol. The molecule has 0 N–H and O–H groups in total. The van der Waals surface area contributed by atoms with Crippen LogP contribution in [0.25, 0.3) is 0 Å². The molecule has 174 valence electrons. The lowest BCUT2D eigenvalue weighted by Crippen LogP contribution is -2.48. The lowest BCUT2D eigenvalue weighted by molar-refractivity contribution is -0.385. The van der Waals surface area contributed by atoms with Crippen LogP contribution in [0.4, 0.5) is 5.69 Å². The molecule has 4 rings (SSSR count). The quantitative estimate of drug-likeness (QED) is 0.379. The van der Waals surface area contributed by atoms with E-state index in [2.05, 4.69) is 0 Å². The van der Waals surface area contributed by atoms with Crippen molar-refractivity contribution in [3.63, 3.8) is 0 Å². The molecule has 0 spiro atoms. The molecule has 1 heterocycles. The molecule has 2 amide bonds. The zero-order valence-electron chi connectivity index (χ0n) is 19.0.